The van der Waals surface area contributed by atoms with Gasteiger partial charge >= 0.3 is 0 Å². The summed E-state index contributed by atoms with van der Waals surface area (Å²) in [7, 11) is 0. The summed E-state index contributed by atoms with van der Waals surface area (Å²) in [5.41, 5.74) is 3.96. The zero-order chi connectivity index (χ0) is 18.7. The van der Waals surface area contributed by atoms with E-state index < -0.39 is 6.04 Å². The van der Waals surface area contributed by atoms with Gasteiger partial charge in [0.05, 0.1) is 12.3 Å². The van der Waals surface area contributed by atoms with Gasteiger partial charge in [0.25, 0.3) is 5.91 Å². The highest BCUT2D eigenvalue weighted by molar-refractivity contribution is 6.06. The number of nitrogens with one attached hydrogen (secondary N) is 1. The number of hydrogen-bond donors (Lipinski definition) is 1. The van der Waals surface area contributed by atoms with E-state index in [0.29, 0.717) is 19.6 Å². The Kier molecular flexibility index (Phi) is 5.26. The predicted octanol–water partition coefficient (Wildman–Crippen LogP) is 3.30. The first-order valence-electron chi connectivity index (χ1n) is 8.85. The third-order valence-electron chi connectivity index (χ3n) is 4.49. The molecule has 0 aromatic heterocycles. The minimum absolute atomic E-state index is 0.0833. The Bertz CT molecular complexity index is 832. The molecule has 1 aliphatic heterocycles. The third-order valence-corrected chi connectivity index (χ3v) is 4.49. The first kappa shape index (κ1) is 18.0. The molecule has 1 N–H and O–H groups in total. The van der Waals surface area contributed by atoms with Crippen LogP contribution in [0.4, 0.5) is 5.69 Å². The number of anilines is 1. The van der Waals surface area contributed by atoms with Gasteiger partial charge in [0.15, 0.2) is 0 Å². The number of para-hydroxylation sites is 1. The molecule has 0 unspecified atom stereocenters. The Balaban J connectivity index is 1.68. The van der Waals surface area contributed by atoms with Crippen LogP contribution in [0.5, 0.6) is 5.75 Å². The van der Waals surface area contributed by atoms with Crippen molar-refractivity contribution in [3.8, 4) is 5.75 Å². The average molecular weight is 352 g/mol. The molecule has 26 heavy (non-hydrogen) atoms. The summed E-state index contributed by atoms with van der Waals surface area (Å²) < 4.78 is 5.78. The van der Waals surface area contributed by atoms with Crippen LogP contribution < -0.4 is 15.0 Å². The van der Waals surface area contributed by atoms with Crippen LogP contribution in [0.15, 0.2) is 42.5 Å². The Hall–Kier alpha value is -2.82. The summed E-state index contributed by atoms with van der Waals surface area (Å²) in [6.07, 6.45) is 0.709. The van der Waals surface area contributed by atoms with Gasteiger partial charge in [-0.15, -0.1) is 0 Å². The highest BCUT2D eigenvalue weighted by atomic mass is 16.5. The molecule has 1 aliphatic rings. The second kappa shape index (κ2) is 7.60. The molecule has 2 aromatic carbocycles. The van der Waals surface area contributed by atoms with Crippen LogP contribution in [0, 0.1) is 13.8 Å². The van der Waals surface area contributed by atoms with Crippen LogP contribution in [0.3, 0.4) is 0 Å². The maximum Gasteiger partial charge on any atom is 0.254 e. The lowest BCUT2D eigenvalue weighted by molar-refractivity contribution is -0.126. The summed E-state index contributed by atoms with van der Waals surface area (Å²) in [5, 5.41) is 2.77. The molecule has 0 radical (unpaired) electrons. The molecular weight excluding hydrogens is 328 g/mol. The summed E-state index contributed by atoms with van der Waals surface area (Å²) in [6, 6.07) is 13.1. The average Bonchev–Trinajstić information content (AvgIpc) is 2.85. The SMILES string of the molecule is CC(=O)N[C@@H]1C(=O)N(CCCOc2cccc(C)c2)c2c(C)cccc21. The topological polar surface area (TPSA) is 58.6 Å². The number of carbonyl (C=O) groups excluding carboxylic acids is 2. The summed E-state index contributed by atoms with van der Waals surface area (Å²) in [4.78, 5) is 26.1. The quantitative estimate of drug-likeness (QED) is 0.812. The molecule has 0 fully saturated rings. The van der Waals surface area contributed by atoms with Crippen LogP contribution in [0.2, 0.25) is 0 Å². The van der Waals surface area contributed by atoms with E-state index in [2.05, 4.69) is 5.32 Å². The molecule has 3 rings (SSSR count). The van der Waals surface area contributed by atoms with Gasteiger partial charge in [-0.05, 0) is 43.5 Å². The molecular formula is C21H24N2O3. The molecule has 1 atom stereocenters. The van der Waals surface area contributed by atoms with Crippen molar-refractivity contribution in [2.45, 2.75) is 33.2 Å². The van der Waals surface area contributed by atoms with Crippen molar-refractivity contribution in [3.63, 3.8) is 0 Å². The molecule has 0 bridgehead atoms. The van der Waals surface area contributed by atoms with Crippen LogP contribution in [-0.2, 0) is 9.59 Å². The van der Waals surface area contributed by atoms with Gasteiger partial charge in [0.1, 0.15) is 11.8 Å². The van der Waals surface area contributed by atoms with Crippen molar-refractivity contribution in [2.75, 3.05) is 18.1 Å². The van der Waals surface area contributed by atoms with E-state index in [1.807, 2.05) is 56.3 Å². The maximum atomic E-state index is 12.8. The maximum absolute atomic E-state index is 12.8. The minimum Gasteiger partial charge on any atom is -0.494 e. The summed E-state index contributed by atoms with van der Waals surface area (Å²) >= 11 is 0. The summed E-state index contributed by atoms with van der Waals surface area (Å²) in [6.45, 7) is 6.52. The molecule has 0 saturated carbocycles. The van der Waals surface area contributed by atoms with Gasteiger partial charge in [0.2, 0.25) is 5.91 Å². The number of benzene rings is 2. The number of hydrogen-bond acceptors (Lipinski definition) is 3. The van der Waals surface area contributed by atoms with Crippen molar-refractivity contribution < 1.29 is 14.3 Å². The first-order chi connectivity index (χ1) is 12.5. The fraction of sp³-hybridized carbons (Fsp3) is 0.333. The van der Waals surface area contributed by atoms with Crippen LogP contribution >= 0.6 is 0 Å². The van der Waals surface area contributed by atoms with Gasteiger partial charge in [-0.3, -0.25) is 9.59 Å². The highest BCUT2D eigenvalue weighted by Crippen LogP contribution is 2.38. The Morgan fingerprint density at radius 3 is 2.69 bits per heavy atom. The number of carbonyl (C=O) groups is 2. The predicted molar refractivity (Wildman–Crippen MR) is 101 cm³/mol. The standard InChI is InChI=1S/C21H24N2O3/c1-14-7-4-9-17(13-14)26-12-6-11-23-20-15(2)8-5-10-18(20)19(21(23)25)22-16(3)24/h4-5,7-10,13,19H,6,11-12H2,1-3H3,(H,22,24)/t19-/m0/s1. The van der Waals surface area contributed by atoms with Crippen molar-refractivity contribution in [2.24, 2.45) is 0 Å². The van der Waals surface area contributed by atoms with Crippen molar-refractivity contribution in [1.29, 1.82) is 0 Å². The van der Waals surface area contributed by atoms with Gasteiger partial charge in [-0.2, -0.15) is 0 Å². The Labute approximate surface area is 154 Å². The highest BCUT2D eigenvalue weighted by Gasteiger charge is 2.38. The lowest BCUT2D eigenvalue weighted by Crippen LogP contribution is -2.37. The second-order valence-electron chi connectivity index (χ2n) is 6.65. The van der Waals surface area contributed by atoms with Gasteiger partial charge < -0.3 is 15.0 Å². The molecule has 0 aliphatic carbocycles. The van der Waals surface area contributed by atoms with E-state index in [1.165, 1.54) is 6.92 Å². The molecule has 0 saturated heterocycles. The van der Waals surface area contributed by atoms with Gasteiger partial charge in [-0.1, -0.05) is 30.3 Å². The van der Waals surface area contributed by atoms with E-state index >= 15 is 0 Å². The van der Waals surface area contributed by atoms with Gasteiger partial charge in [-0.25, -0.2) is 0 Å². The van der Waals surface area contributed by atoms with E-state index in [9.17, 15) is 9.59 Å². The molecule has 2 aromatic rings. The minimum atomic E-state index is -0.597. The lowest BCUT2D eigenvalue weighted by atomic mass is 10.1. The van der Waals surface area contributed by atoms with E-state index in [0.717, 1.165) is 28.1 Å². The molecule has 0 spiro atoms. The van der Waals surface area contributed by atoms with E-state index in [1.54, 1.807) is 4.90 Å². The number of nitrogens with zero attached hydrogens (tertiary/aromatic N) is 1. The summed E-state index contributed by atoms with van der Waals surface area (Å²) in [5.74, 6) is 0.547. The normalized spacial score (nSPS) is 15.7. The monoisotopic (exact) mass is 352 g/mol. The fourth-order valence-corrected chi connectivity index (χ4v) is 3.36. The molecule has 5 heteroatoms. The lowest BCUT2D eigenvalue weighted by Gasteiger charge is -2.19. The first-order valence-corrected chi connectivity index (χ1v) is 8.85. The van der Waals surface area contributed by atoms with Gasteiger partial charge in [0, 0.05) is 19.0 Å². The number of ether oxygens (including phenoxy) is 1. The Morgan fingerprint density at radius 2 is 1.96 bits per heavy atom. The molecule has 5 nitrogen and oxygen atoms in total. The van der Waals surface area contributed by atoms with Crippen molar-refractivity contribution >= 4 is 17.5 Å². The number of rotatable bonds is 6. The number of aryl methyl sites for hydroxylation is 2. The van der Waals surface area contributed by atoms with Crippen molar-refractivity contribution in [3.05, 3.63) is 59.2 Å². The fourth-order valence-electron chi connectivity index (χ4n) is 3.36. The molecule has 1 heterocycles. The number of amides is 2. The number of fused-ring (bicyclic) bond motifs is 1. The van der Waals surface area contributed by atoms with E-state index in [4.69, 9.17) is 4.74 Å². The Morgan fingerprint density at radius 1 is 1.19 bits per heavy atom. The second-order valence-corrected chi connectivity index (χ2v) is 6.65. The zero-order valence-corrected chi connectivity index (χ0v) is 15.4. The molecule has 136 valence electrons. The van der Waals surface area contributed by atoms with E-state index in [-0.39, 0.29) is 11.8 Å². The largest absolute Gasteiger partial charge is 0.494 e. The van der Waals surface area contributed by atoms with Crippen LogP contribution in [0.1, 0.15) is 36.1 Å². The van der Waals surface area contributed by atoms with Crippen LogP contribution in [-0.4, -0.2) is 25.0 Å². The smallest absolute Gasteiger partial charge is 0.254 e. The van der Waals surface area contributed by atoms with Crippen LogP contribution in [0.25, 0.3) is 0 Å². The van der Waals surface area contributed by atoms with Crippen molar-refractivity contribution in [1.82, 2.24) is 5.32 Å². The third kappa shape index (κ3) is 3.72. The molecule has 2 amide bonds. The zero-order valence-electron chi connectivity index (χ0n) is 15.4.